The number of nitro benzene ring substituents is 1. The molecule has 10 heteroatoms. The summed E-state index contributed by atoms with van der Waals surface area (Å²) in [5, 5.41) is 11.3. The van der Waals surface area contributed by atoms with Crippen molar-refractivity contribution in [2.24, 2.45) is 0 Å². The summed E-state index contributed by atoms with van der Waals surface area (Å²) in [4.78, 5) is 37.6. The van der Waals surface area contributed by atoms with Gasteiger partial charge in [-0.3, -0.25) is 14.9 Å². The van der Waals surface area contributed by atoms with Crippen LogP contribution in [0.1, 0.15) is 10.4 Å². The van der Waals surface area contributed by atoms with Gasteiger partial charge in [-0.15, -0.1) is 0 Å². The molecule has 0 atom stereocenters. The van der Waals surface area contributed by atoms with Crippen molar-refractivity contribution in [3.63, 3.8) is 0 Å². The smallest absolute Gasteiger partial charge is 0.293 e. The van der Waals surface area contributed by atoms with E-state index in [0.717, 1.165) is 4.47 Å². The molecule has 2 heterocycles. The van der Waals surface area contributed by atoms with Crippen molar-refractivity contribution in [1.82, 2.24) is 14.9 Å². The number of benzene rings is 1. The Hall–Kier alpha value is -2.75. The molecule has 1 aliphatic rings. The maximum absolute atomic E-state index is 12.8. The van der Waals surface area contributed by atoms with Crippen molar-refractivity contribution in [2.75, 3.05) is 50.1 Å². The fourth-order valence-electron chi connectivity index (χ4n) is 2.94. The third kappa shape index (κ3) is 4.16. The first-order valence-corrected chi connectivity index (χ1v) is 9.13. The zero-order valence-electron chi connectivity index (χ0n) is 15.0. The van der Waals surface area contributed by atoms with E-state index in [1.807, 2.05) is 4.90 Å². The Bertz CT molecular complexity index is 850. The molecule has 0 unspecified atom stereocenters. The number of hydrogen-bond donors (Lipinski definition) is 0. The van der Waals surface area contributed by atoms with Crippen molar-refractivity contribution in [3.05, 3.63) is 50.7 Å². The lowest BCUT2D eigenvalue weighted by Gasteiger charge is -2.34. The second-order valence-electron chi connectivity index (χ2n) is 6.34. The maximum atomic E-state index is 12.8. The number of amides is 1. The van der Waals surface area contributed by atoms with Crippen LogP contribution in [0.2, 0.25) is 0 Å². The van der Waals surface area contributed by atoms with E-state index in [-0.39, 0.29) is 11.6 Å². The number of nitrogens with zero attached hydrogens (tertiary/aromatic N) is 6. The first kappa shape index (κ1) is 19.0. The SMILES string of the molecule is CN(C)c1ccc(C(=O)N2CCN(c3ncc(Br)cn3)CC2)cc1[N+](=O)[O-]. The minimum absolute atomic E-state index is 0.0762. The zero-order chi connectivity index (χ0) is 19.6. The number of halogens is 1. The van der Waals surface area contributed by atoms with Crippen LogP contribution >= 0.6 is 15.9 Å². The number of rotatable bonds is 4. The minimum atomic E-state index is -0.463. The normalized spacial score (nSPS) is 14.2. The number of carbonyl (C=O) groups excluding carboxylic acids is 1. The van der Waals surface area contributed by atoms with Crippen LogP contribution in [0, 0.1) is 10.1 Å². The monoisotopic (exact) mass is 434 g/mol. The highest BCUT2D eigenvalue weighted by molar-refractivity contribution is 9.10. The molecular weight excluding hydrogens is 416 g/mol. The lowest BCUT2D eigenvalue weighted by atomic mass is 10.1. The summed E-state index contributed by atoms with van der Waals surface area (Å²) in [5.41, 5.74) is 0.710. The predicted molar refractivity (Wildman–Crippen MR) is 105 cm³/mol. The summed E-state index contributed by atoms with van der Waals surface area (Å²) in [5.74, 6) is 0.413. The van der Waals surface area contributed by atoms with E-state index in [2.05, 4.69) is 25.9 Å². The van der Waals surface area contributed by atoms with Crippen LogP contribution < -0.4 is 9.80 Å². The second-order valence-corrected chi connectivity index (χ2v) is 7.25. The predicted octanol–water partition coefficient (Wildman–Crippen LogP) is 2.18. The van der Waals surface area contributed by atoms with Gasteiger partial charge in [-0.1, -0.05) is 0 Å². The number of hydrogen-bond acceptors (Lipinski definition) is 7. The van der Waals surface area contributed by atoms with Crippen LogP contribution in [0.25, 0.3) is 0 Å². The average Bonchev–Trinajstić information content (AvgIpc) is 2.67. The molecule has 0 spiro atoms. The minimum Gasteiger partial charge on any atom is -0.372 e. The van der Waals surface area contributed by atoms with Gasteiger partial charge in [-0.25, -0.2) is 9.97 Å². The molecule has 1 saturated heterocycles. The lowest BCUT2D eigenvalue weighted by molar-refractivity contribution is -0.384. The van der Waals surface area contributed by atoms with Crippen LogP contribution in [0.3, 0.4) is 0 Å². The largest absolute Gasteiger partial charge is 0.372 e. The number of aromatic nitrogens is 2. The summed E-state index contributed by atoms with van der Waals surface area (Å²) < 4.78 is 0.808. The molecule has 9 nitrogen and oxygen atoms in total. The van der Waals surface area contributed by atoms with Crippen LogP contribution in [0.4, 0.5) is 17.3 Å². The van der Waals surface area contributed by atoms with E-state index in [9.17, 15) is 14.9 Å². The number of piperazine rings is 1. The third-order valence-electron chi connectivity index (χ3n) is 4.36. The molecule has 1 aromatic carbocycles. The molecule has 0 aliphatic carbocycles. The molecular formula is C17H19BrN6O3. The van der Waals surface area contributed by atoms with Gasteiger partial charge in [0.25, 0.3) is 11.6 Å². The van der Waals surface area contributed by atoms with Gasteiger partial charge in [0.15, 0.2) is 0 Å². The summed E-state index contributed by atoms with van der Waals surface area (Å²) >= 11 is 3.31. The number of anilines is 2. The maximum Gasteiger partial charge on any atom is 0.293 e. The van der Waals surface area contributed by atoms with Gasteiger partial charge in [0.1, 0.15) is 5.69 Å². The number of carbonyl (C=O) groups is 1. The standard InChI is InChI=1S/C17H19BrN6O3/c1-21(2)14-4-3-12(9-15(14)24(26)27)16(25)22-5-7-23(8-6-22)17-19-10-13(18)11-20-17/h3-4,9-11H,5-8H2,1-2H3. The van der Waals surface area contributed by atoms with Gasteiger partial charge in [-0.2, -0.15) is 0 Å². The second kappa shape index (κ2) is 7.87. The molecule has 27 heavy (non-hydrogen) atoms. The molecule has 1 amide bonds. The first-order chi connectivity index (χ1) is 12.9. The van der Waals surface area contributed by atoms with E-state index >= 15 is 0 Å². The molecule has 3 rings (SSSR count). The van der Waals surface area contributed by atoms with Crippen LogP contribution in [-0.4, -0.2) is 66.0 Å². The van der Waals surface area contributed by atoms with Gasteiger partial charge >= 0.3 is 0 Å². The molecule has 0 radical (unpaired) electrons. The van der Waals surface area contributed by atoms with Crippen LogP contribution in [0.15, 0.2) is 35.1 Å². The van der Waals surface area contributed by atoms with Crippen molar-refractivity contribution in [1.29, 1.82) is 0 Å². The first-order valence-electron chi connectivity index (χ1n) is 8.34. The zero-order valence-corrected chi connectivity index (χ0v) is 16.6. The fourth-order valence-corrected chi connectivity index (χ4v) is 3.15. The van der Waals surface area contributed by atoms with Gasteiger partial charge < -0.3 is 14.7 Å². The summed E-state index contributed by atoms with van der Waals surface area (Å²) in [6, 6.07) is 4.59. The van der Waals surface area contributed by atoms with Gasteiger partial charge in [-0.05, 0) is 28.1 Å². The van der Waals surface area contributed by atoms with Crippen molar-refractivity contribution >= 4 is 39.2 Å². The van der Waals surface area contributed by atoms with E-state index in [4.69, 9.17) is 0 Å². The lowest BCUT2D eigenvalue weighted by Crippen LogP contribution is -2.49. The topological polar surface area (TPSA) is 95.7 Å². The summed E-state index contributed by atoms with van der Waals surface area (Å²) in [6.07, 6.45) is 3.37. The Morgan fingerprint density at radius 1 is 1.19 bits per heavy atom. The molecule has 0 bridgehead atoms. The van der Waals surface area contributed by atoms with E-state index in [1.165, 1.54) is 6.07 Å². The van der Waals surface area contributed by atoms with Crippen molar-refractivity contribution in [3.8, 4) is 0 Å². The van der Waals surface area contributed by atoms with Crippen molar-refractivity contribution in [2.45, 2.75) is 0 Å². The van der Waals surface area contributed by atoms with Crippen molar-refractivity contribution < 1.29 is 9.72 Å². The Morgan fingerprint density at radius 3 is 2.37 bits per heavy atom. The highest BCUT2D eigenvalue weighted by Gasteiger charge is 2.26. The Kier molecular flexibility index (Phi) is 5.54. The average molecular weight is 435 g/mol. The Morgan fingerprint density at radius 2 is 1.81 bits per heavy atom. The highest BCUT2D eigenvalue weighted by atomic mass is 79.9. The van der Waals surface area contributed by atoms with E-state index in [0.29, 0.717) is 43.4 Å². The Labute approximate surface area is 164 Å². The quantitative estimate of drug-likeness (QED) is 0.537. The molecule has 2 aromatic rings. The summed E-state index contributed by atoms with van der Waals surface area (Å²) in [6.45, 7) is 2.21. The third-order valence-corrected chi connectivity index (χ3v) is 4.77. The molecule has 1 fully saturated rings. The molecule has 1 aliphatic heterocycles. The highest BCUT2D eigenvalue weighted by Crippen LogP contribution is 2.28. The molecule has 142 valence electrons. The molecule has 1 aromatic heterocycles. The van der Waals surface area contributed by atoms with Gasteiger partial charge in [0, 0.05) is 64.3 Å². The fraction of sp³-hybridized carbons (Fsp3) is 0.353. The molecule has 0 N–H and O–H groups in total. The number of nitro groups is 1. The van der Waals surface area contributed by atoms with E-state index < -0.39 is 4.92 Å². The van der Waals surface area contributed by atoms with Gasteiger partial charge in [0.2, 0.25) is 5.95 Å². The Balaban J connectivity index is 1.71. The molecule has 0 saturated carbocycles. The summed E-state index contributed by atoms with van der Waals surface area (Å²) in [7, 11) is 3.46. The van der Waals surface area contributed by atoms with Crippen LogP contribution in [-0.2, 0) is 0 Å². The van der Waals surface area contributed by atoms with Gasteiger partial charge in [0.05, 0.1) is 9.40 Å². The van der Waals surface area contributed by atoms with Crippen LogP contribution in [0.5, 0.6) is 0 Å². The van der Waals surface area contributed by atoms with E-state index in [1.54, 1.807) is 48.4 Å².